The summed E-state index contributed by atoms with van der Waals surface area (Å²) in [4.78, 5) is 35.7. The van der Waals surface area contributed by atoms with Crippen molar-refractivity contribution >= 4 is 39.0 Å². The van der Waals surface area contributed by atoms with Crippen LogP contribution in [0, 0.1) is 13.8 Å². The van der Waals surface area contributed by atoms with Gasteiger partial charge in [-0.05, 0) is 26.0 Å². The Labute approximate surface area is 119 Å². The predicted octanol–water partition coefficient (Wildman–Crippen LogP) is 1.99. The van der Waals surface area contributed by atoms with Gasteiger partial charge < -0.3 is 10.1 Å². The summed E-state index contributed by atoms with van der Waals surface area (Å²) in [6.45, 7) is 3.61. The Morgan fingerprint density at radius 2 is 1.95 bits per heavy atom. The molecule has 0 saturated heterocycles. The molecule has 2 rings (SSSR count). The molecule has 0 atom stereocenters. The van der Waals surface area contributed by atoms with Crippen molar-refractivity contribution in [1.82, 2.24) is 0 Å². The number of fused-ring (bicyclic) bond motifs is 1. The summed E-state index contributed by atoms with van der Waals surface area (Å²) in [6.07, 6.45) is 0. The summed E-state index contributed by atoms with van der Waals surface area (Å²) in [5.41, 5.74) is 0.789. The van der Waals surface area contributed by atoms with E-state index in [0.29, 0.717) is 10.3 Å². The zero-order valence-electron chi connectivity index (χ0n) is 11.3. The Morgan fingerprint density at radius 3 is 2.60 bits per heavy atom. The summed E-state index contributed by atoms with van der Waals surface area (Å²) in [6, 6.07) is 5.56. The number of methoxy groups -OCH3 is 1. The Morgan fingerprint density at radius 1 is 1.25 bits per heavy atom. The smallest absolute Gasteiger partial charge is 0.396 e. The highest BCUT2D eigenvalue weighted by Crippen LogP contribution is 2.25. The third kappa shape index (κ3) is 2.55. The van der Waals surface area contributed by atoms with Crippen LogP contribution in [0.1, 0.15) is 10.4 Å². The van der Waals surface area contributed by atoms with Gasteiger partial charge in [0.1, 0.15) is 5.69 Å². The number of esters is 1. The molecular formula is C14H13NO4S. The van der Waals surface area contributed by atoms with Gasteiger partial charge in [0.25, 0.3) is 0 Å². The Hall–Kier alpha value is -2.21. The van der Waals surface area contributed by atoms with Crippen LogP contribution in [0.3, 0.4) is 0 Å². The number of ether oxygens (including phenoxy) is 1. The lowest BCUT2D eigenvalue weighted by Crippen LogP contribution is -2.27. The van der Waals surface area contributed by atoms with Crippen molar-refractivity contribution in [3.05, 3.63) is 38.9 Å². The van der Waals surface area contributed by atoms with Crippen molar-refractivity contribution < 1.29 is 14.3 Å². The van der Waals surface area contributed by atoms with E-state index >= 15 is 0 Å². The third-order valence-electron chi connectivity index (χ3n) is 2.83. The molecule has 1 heterocycles. The molecule has 1 amide bonds. The van der Waals surface area contributed by atoms with E-state index in [-0.39, 0.29) is 11.1 Å². The maximum absolute atomic E-state index is 12.4. The molecule has 0 bridgehead atoms. The molecule has 0 aliphatic heterocycles. The second kappa shape index (κ2) is 5.42. The Bertz CT molecular complexity index is 764. The van der Waals surface area contributed by atoms with Gasteiger partial charge in [0.2, 0.25) is 5.43 Å². The van der Waals surface area contributed by atoms with Crippen LogP contribution >= 0.6 is 11.3 Å². The van der Waals surface area contributed by atoms with Crippen LogP contribution in [0.15, 0.2) is 23.0 Å². The lowest BCUT2D eigenvalue weighted by atomic mass is 10.1. The second-order valence-corrected chi connectivity index (χ2v) is 5.56. The molecule has 5 nitrogen and oxygen atoms in total. The minimum Gasteiger partial charge on any atom is -0.462 e. The van der Waals surface area contributed by atoms with Gasteiger partial charge >= 0.3 is 11.9 Å². The summed E-state index contributed by atoms with van der Waals surface area (Å²) in [5.74, 6) is -1.98. The van der Waals surface area contributed by atoms with Crippen molar-refractivity contribution in [2.75, 3.05) is 12.4 Å². The van der Waals surface area contributed by atoms with Gasteiger partial charge in [0.15, 0.2) is 0 Å². The van der Waals surface area contributed by atoms with E-state index in [1.54, 1.807) is 13.0 Å². The number of hydrogen-bond acceptors (Lipinski definition) is 5. The van der Waals surface area contributed by atoms with Crippen molar-refractivity contribution in [3.8, 4) is 0 Å². The molecule has 104 valence electrons. The number of carbonyl (C=O) groups is 2. The number of carbonyl (C=O) groups excluding carboxylic acids is 2. The predicted molar refractivity (Wildman–Crippen MR) is 78.2 cm³/mol. The number of benzene rings is 1. The number of amides is 1. The largest absolute Gasteiger partial charge is 0.462 e. The summed E-state index contributed by atoms with van der Waals surface area (Å²) in [5, 5.41) is 2.85. The minimum absolute atomic E-state index is 0.128. The van der Waals surface area contributed by atoms with Crippen molar-refractivity contribution in [2.24, 2.45) is 0 Å². The van der Waals surface area contributed by atoms with Crippen LogP contribution in [-0.4, -0.2) is 19.0 Å². The highest BCUT2D eigenvalue weighted by molar-refractivity contribution is 7.18. The van der Waals surface area contributed by atoms with E-state index in [0.717, 1.165) is 17.4 Å². The number of anilines is 1. The molecule has 1 aromatic heterocycles. The summed E-state index contributed by atoms with van der Waals surface area (Å²) < 4.78 is 5.16. The standard InChI is InChI=1S/C14H13NO4S/c1-7-4-5-10-9(6-7)12(16)11(8(2)20-10)15-13(17)14(18)19-3/h4-6H,1-3H3,(H,15,17). The molecule has 6 heteroatoms. The first-order chi connectivity index (χ1) is 9.43. The van der Waals surface area contributed by atoms with E-state index in [1.807, 2.05) is 19.1 Å². The average molecular weight is 291 g/mol. The molecule has 0 fully saturated rings. The molecule has 0 saturated carbocycles. The molecule has 0 unspecified atom stereocenters. The zero-order valence-corrected chi connectivity index (χ0v) is 12.1. The fourth-order valence-electron chi connectivity index (χ4n) is 1.82. The van der Waals surface area contributed by atoms with Crippen LogP contribution in [0.25, 0.3) is 10.1 Å². The van der Waals surface area contributed by atoms with E-state index < -0.39 is 11.9 Å². The fraction of sp³-hybridized carbons (Fsp3) is 0.214. The lowest BCUT2D eigenvalue weighted by molar-refractivity contribution is -0.150. The van der Waals surface area contributed by atoms with Crippen molar-refractivity contribution in [1.29, 1.82) is 0 Å². The molecule has 20 heavy (non-hydrogen) atoms. The van der Waals surface area contributed by atoms with Crippen LogP contribution in [0.2, 0.25) is 0 Å². The summed E-state index contributed by atoms with van der Waals surface area (Å²) in [7, 11) is 1.11. The maximum atomic E-state index is 12.4. The molecule has 1 N–H and O–H groups in total. The van der Waals surface area contributed by atoms with Crippen LogP contribution in [0.5, 0.6) is 0 Å². The zero-order chi connectivity index (χ0) is 14.9. The van der Waals surface area contributed by atoms with Gasteiger partial charge in [-0.2, -0.15) is 0 Å². The average Bonchev–Trinajstić information content (AvgIpc) is 2.43. The van der Waals surface area contributed by atoms with Crippen LogP contribution < -0.4 is 10.7 Å². The summed E-state index contributed by atoms with van der Waals surface area (Å²) >= 11 is 1.39. The molecule has 0 aliphatic carbocycles. The molecule has 0 radical (unpaired) electrons. The van der Waals surface area contributed by atoms with Gasteiger partial charge in [-0.15, -0.1) is 11.3 Å². The van der Waals surface area contributed by atoms with E-state index in [1.165, 1.54) is 11.3 Å². The highest BCUT2D eigenvalue weighted by atomic mass is 32.1. The Kier molecular flexibility index (Phi) is 3.85. The number of nitrogens with one attached hydrogen (secondary N) is 1. The first-order valence-corrected chi connectivity index (χ1v) is 6.69. The lowest BCUT2D eigenvalue weighted by Gasteiger charge is -2.08. The first-order valence-electron chi connectivity index (χ1n) is 5.87. The third-order valence-corrected chi connectivity index (χ3v) is 3.92. The maximum Gasteiger partial charge on any atom is 0.396 e. The quantitative estimate of drug-likeness (QED) is 0.644. The van der Waals surface area contributed by atoms with Gasteiger partial charge in [-0.3, -0.25) is 9.59 Å². The molecular weight excluding hydrogens is 278 g/mol. The molecule has 1 aromatic carbocycles. The number of hydrogen-bond donors (Lipinski definition) is 1. The van der Waals surface area contributed by atoms with Gasteiger partial charge in [-0.1, -0.05) is 11.6 Å². The molecule has 0 aliphatic rings. The number of rotatable bonds is 1. The fourth-order valence-corrected chi connectivity index (χ4v) is 2.80. The SMILES string of the molecule is COC(=O)C(=O)Nc1c(C)sc2ccc(C)cc2c1=O. The first kappa shape index (κ1) is 14.2. The molecule has 2 aromatic rings. The van der Waals surface area contributed by atoms with Crippen molar-refractivity contribution in [3.63, 3.8) is 0 Å². The topological polar surface area (TPSA) is 72.5 Å². The number of aryl methyl sites for hydroxylation is 2. The highest BCUT2D eigenvalue weighted by Gasteiger charge is 2.18. The minimum atomic E-state index is -1.03. The van der Waals surface area contributed by atoms with Crippen LogP contribution in [-0.2, 0) is 14.3 Å². The van der Waals surface area contributed by atoms with E-state index in [2.05, 4.69) is 10.1 Å². The molecule has 0 spiro atoms. The van der Waals surface area contributed by atoms with Gasteiger partial charge in [0, 0.05) is 15.0 Å². The monoisotopic (exact) mass is 291 g/mol. The second-order valence-electron chi connectivity index (χ2n) is 4.31. The van der Waals surface area contributed by atoms with E-state index in [4.69, 9.17) is 0 Å². The van der Waals surface area contributed by atoms with Gasteiger partial charge in [0.05, 0.1) is 7.11 Å². The van der Waals surface area contributed by atoms with Gasteiger partial charge in [-0.25, -0.2) is 4.79 Å². The van der Waals surface area contributed by atoms with E-state index in [9.17, 15) is 14.4 Å². The normalized spacial score (nSPS) is 10.3. The van der Waals surface area contributed by atoms with Crippen molar-refractivity contribution in [2.45, 2.75) is 13.8 Å². The van der Waals surface area contributed by atoms with Crippen LogP contribution in [0.4, 0.5) is 5.69 Å². The Balaban J connectivity index is 2.56.